The molecule has 1 unspecified atom stereocenters. The third-order valence-electron chi connectivity index (χ3n) is 2.14. The summed E-state index contributed by atoms with van der Waals surface area (Å²) in [7, 11) is 0. The van der Waals surface area contributed by atoms with Gasteiger partial charge in [-0.25, -0.2) is 14.6 Å². The zero-order valence-corrected chi connectivity index (χ0v) is 10.0. The molecule has 1 rings (SSSR count). The molecule has 1 aromatic rings. The van der Waals surface area contributed by atoms with Crippen LogP contribution in [0.25, 0.3) is 0 Å². The second-order valence-corrected chi connectivity index (χ2v) is 3.76. The Hall–Kier alpha value is -2.37. The second-order valence-electron chi connectivity index (χ2n) is 3.76. The standard InChI is InChI=1S/C12H15N3O3/c1-3-4-8(2)14-12(18)15-9-5-6-10(11(16)17)13-7-9/h3,5-8H,1,4H2,2H3,(H,16,17)(H2,14,15,18). The van der Waals surface area contributed by atoms with E-state index in [1.165, 1.54) is 18.3 Å². The van der Waals surface area contributed by atoms with Crippen molar-refractivity contribution in [2.45, 2.75) is 19.4 Å². The van der Waals surface area contributed by atoms with Crippen molar-refractivity contribution in [3.05, 3.63) is 36.7 Å². The minimum atomic E-state index is -1.11. The van der Waals surface area contributed by atoms with Crippen LogP contribution >= 0.6 is 0 Å². The number of aromatic nitrogens is 1. The number of pyridine rings is 1. The number of carboxylic acids is 1. The van der Waals surface area contributed by atoms with Crippen LogP contribution in [0.4, 0.5) is 10.5 Å². The minimum Gasteiger partial charge on any atom is -0.477 e. The van der Waals surface area contributed by atoms with Crippen LogP contribution in [0.2, 0.25) is 0 Å². The minimum absolute atomic E-state index is 0.0197. The van der Waals surface area contributed by atoms with Crippen LogP contribution < -0.4 is 10.6 Å². The largest absolute Gasteiger partial charge is 0.477 e. The first-order valence-corrected chi connectivity index (χ1v) is 5.40. The van der Waals surface area contributed by atoms with Crippen molar-refractivity contribution in [1.29, 1.82) is 0 Å². The lowest BCUT2D eigenvalue weighted by atomic mass is 10.2. The van der Waals surface area contributed by atoms with Gasteiger partial charge in [0.15, 0.2) is 0 Å². The molecule has 2 amide bonds. The molecule has 18 heavy (non-hydrogen) atoms. The summed E-state index contributed by atoms with van der Waals surface area (Å²) in [5.74, 6) is -1.11. The van der Waals surface area contributed by atoms with E-state index in [0.29, 0.717) is 12.1 Å². The number of aromatic carboxylic acids is 1. The maximum absolute atomic E-state index is 11.5. The van der Waals surface area contributed by atoms with Crippen LogP contribution in [0.3, 0.4) is 0 Å². The molecule has 0 aliphatic rings. The van der Waals surface area contributed by atoms with Crippen molar-refractivity contribution in [3.8, 4) is 0 Å². The Kier molecular flexibility index (Phi) is 4.86. The number of anilines is 1. The number of nitrogens with one attached hydrogen (secondary N) is 2. The van der Waals surface area contributed by atoms with Crippen molar-refractivity contribution >= 4 is 17.7 Å². The van der Waals surface area contributed by atoms with Gasteiger partial charge in [0.25, 0.3) is 0 Å². The molecule has 0 aliphatic heterocycles. The van der Waals surface area contributed by atoms with E-state index >= 15 is 0 Å². The van der Waals surface area contributed by atoms with Gasteiger partial charge in [-0.2, -0.15) is 0 Å². The van der Waals surface area contributed by atoms with E-state index in [4.69, 9.17) is 5.11 Å². The quantitative estimate of drug-likeness (QED) is 0.694. The van der Waals surface area contributed by atoms with E-state index in [1.807, 2.05) is 6.92 Å². The molecule has 96 valence electrons. The lowest BCUT2D eigenvalue weighted by Crippen LogP contribution is -2.35. The summed E-state index contributed by atoms with van der Waals surface area (Å²) >= 11 is 0. The van der Waals surface area contributed by atoms with Crippen LogP contribution in [0.1, 0.15) is 23.8 Å². The molecule has 3 N–H and O–H groups in total. The fourth-order valence-corrected chi connectivity index (χ4v) is 1.29. The van der Waals surface area contributed by atoms with Crippen LogP contribution in [0, 0.1) is 0 Å². The van der Waals surface area contributed by atoms with Crippen LogP contribution in [0.15, 0.2) is 31.0 Å². The Balaban J connectivity index is 2.54. The van der Waals surface area contributed by atoms with E-state index in [2.05, 4.69) is 22.2 Å². The first-order valence-electron chi connectivity index (χ1n) is 5.40. The smallest absolute Gasteiger partial charge is 0.354 e. The molecule has 1 heterocycles. The molecule has 0 bridgehead atoms. The molecule has 6 heteroatoms. The third kappa shape index (κ3) is 4.25. The number of amides is 2. The number of nitrogens with zero attached hydrogens (tertiary/aromatic N) is 1. The number of rotatable bonds is 5. The predicted molar refractivity (Wildman–Crippen MR) is 67.6 cm³/mol. The van der Waals surface area contributed by atoms with Gasteiger partial charge in [-0.3, -0.25) is 0 Å². The van der Waals surface area contributed by atoms with Gasteiger partial charge in [-0.05, 0) is 25.5 Å². The van der Waals surface area contributed by atoms with Gasteiger partial charge in [-0.1, -0.05) is 6.08 Å². The van der Waals surface area contributed by atoms with Crippen molar-refractivity contribution in [2.75, 3.05) is 5.32 Å². The molecule has 0 radical (unpaired) electrons. The Morgan fingerprint density at radius 2 is 2.28 bits per heavy atom. The molecule has 0 saturated heterocycles. The molecule has 0 aliphatic carbocycles. The van der Waals surface area contributed by atoms with Gasteiger partial charge < -0.3 is 15.7 Å². The summed E-state index contributed by atoms with van der Waals surface area (Å²) < 4.78 is 0. The number of hydrogen-bond donors (Lipinski definition) is 3. The van der Waals surface area contributed by atoms with E-state index in [9.17, 15) is 9.59 Å². The molecular weight excluding hydrogens is 234 g/mol. The first kappa shape index (κ1) is 13.7. The summed E-state index contributed by atoms with van der Waals surface area (Å²) in [6.07, 6.45) is 3.68. The maximum atomic E-state index is 11.5. The summed E-state index contributed by atoms with van der Waals surface area (Å²) in [4.78, 5) is 25.8. The number of carbonyl (C=O) groups is 2. The predicted octanol–water partition coefficient (Wildman–Crippen LogP) is 1.87. The fraction of sp³-hybridized carbons (Fsp3) is 0.250. The highest BCUT2D eigenvalue weighted by Gasteiger charge is 2.07. The normalized spacial score (nSPS) is 11.4. The van der Waals surface area contributed by atoms with Crippen molar-refractivity contribution < 1.29 is 14.7 Å². The Bertz CT molecular complexity index is 442. The SMILES string of the molecule is C=CCC(C)NC(=O)Nc1ccc(C(=O)O)nc1. The van der Waals surface area contributed by atoms with E-state index in [1.54, 1.807) is 6.08 Å². The zero-order chi connectivity index (χ0) is 13.5. The summed E-state index contributed by atoms with van der Waals surface area (Å²) in [6, 6.07) is 2.42. The van der Waals surface area contributed by atoms with Gasteiger partial charge in [0.1, 0.15) is 5.69 Å². The van der Waals surface area contributed by atoms with E-state index in [-0.39, 0.29) is 17.8 Å². The zero-order valence-electron chi connectivity index (χ0n) is 10.0. The Labute approximate surface area is 105 Å². The first-order chi connectivity index (χ1) is 8.52. The second kappa shape index (κ2) is 6.39. The molecule has 0 aromatic carbocycles. The average molecular weight is 249 g/mol. The van der Waals surface area contributed by atoms with Gasteiger partial charge in [0.05, 0.1) is 11.9 Å². The third-order valence-corrected chi connectivity index (χ3v) is 2.14. The highest BCUT2D eigenvalue weighted by Crippen LogP contribution is 2.06. The number of urea groups is 1. The van der Waals surface area contributed by atoms with Gasteiger partial charge in [0, 0.05) is 6.04 Å². The van der Waals surface area contributed by atoms with Gasteiger partial charge in [0.2, 0.25) is 0 Å². The van der Waals surface area contributed by atoms with Crippen LogP contribution in [-0.4, -0.2) is 28.1 Å². The summed E-state index contributed by atoms with van der Waals surface area (Å²) in [5.41, 5.74) is 0.365. The number of carboxylic acid groups (broad SMARTS) is 1. The maximum Gasteiger partial charge on any atom is 0.354 e. The van der Waals surface area contributed by atoms with Crippen molar-refractivity contribution in [3.63, 3.8) is 0 Å². The molecular formula is C12H15N3O3. The van der Waals surface area contributed by atoms with E-state index < -0.39 is 5.97 Å². The molecule has 0 fully saturated rings. The highest BCUT2D eigenvalue weighted by atomic mass is 16.4. The topological polar surface area (TPSA) is 91.3 Å². The average Bonchev–Trinajstić information content (AvgIpc) is 2.29. The number of hydrogen-bond acceptors (Lipinski definition) is 3. The Morgan fingerprint density at radius 3 is 2.78 bits per heavy atom. The fourth-order valence-electron chi connectivity index (χ4n) is 1.29. The van der Waals surface area contributed by atoms with Gasteiger partial charge in [-0.15, -0.1) is 6.58 Å². The molecule has 6 nitrogen and oxygen atoms in total. The lowest BCUT2D eigenvalue weighted by Gasteiger charge is -2.12. The lowest BCUT2D eigenvalue weighted by molar-refractivity contribution is 0.0690. The molecule has 1 atom stereocenters. The Morgan fingerprint density at radius 1 is 1.56 bits per heavy atom. The summed E-state index contributed by atoms with van der Waals surface area (Å²) in [6.45, 7) is 5.44. The van der Waals surface area contributed by atoms with Crippen LogP contribution in [-0.2, 0) is 0 Å². The molecule has 0 spiro atoms. The summed E-state index contributed by atoms with van der Waals surface area (Å²) in [5, 5.41) is 13.9. The van der Waals surface area contributed by atoms with E-state index in [0.717, 1.165) is 0 Å². The van der Waals surface area contributed by atoms with Crippen molar-refractivity contribution in [2.24, 2.45) is 0 Å². The van der Waals surface area contributed by atoms with Gasteiger partial charge >= 0.3 is 12.0 Å². The number of carbonyl (C=O) groups excluding carboxylic acids is 1. The molecule has 1 aromatic heterocycles. The molecule has 0 saturated carbocycles. The van der Waals surface area contributed by atoms with Crippen molar-refractivity contribution in [1.82, 2.24) is 10.3 Å². The monoisotopic (exact) mass is 249 g/mol. The highest BCUT2D eigenvalue weighted by molar-refractivity contribution is 5.90. The van der Waals surface area contributed by atoms with Crippen LogP contribution in [0.5, 0.6) is 0 Å².